The van der Waals surface area contributed by atoms with Crippen LogP contribution in [0.2, 0.25) is 0 Å². The summed E-state index contributed by atoms with van der Waals surface area (Å²) in [6.07, 6.45) is 4.08. The average molecular weight is 294 g/mol. The number of amides is 2. The summed E-state index contributed by atoms with van der Waals surface area (Å²) in [6.45, 7) is 3.16. The molecule has 0 spiro atoms. The van der Waals surface area contributed by atoms with E-state index in [1.54, 1.807) is 4.90 Å². The van der Waals surface area contributed by atoms with Crippen molar-refractivity contribution >= 4 is 11.8 Å². The third-order valence-electron chi connectivity index (χ3n) is 3.71. The summed E-state index contributed by atoms with van der Waals surface area (Å²) < 4.78 is 5.11. The van der Waals surface area contributed by atoms with Crippen molar-refractivity contribution in [3.63, 3.8) is 0 Å². The first-order chi connectivity index (χ1) is 10.1. The van der Waals surface area contributed by atoms with Crippen LogP contribution in [0, 0.1) is 5.92 Å². The van der Waals surface area contributed by atoms with Gasteiger partial charge in [0, 0.05) is 32.4 Å². The van der Waals surface area contributed by atoms with Crippen molar-refractivity contribution in [3.05, 3.63) is 11.7 Å². The first-order valence-corrected chi connectivity index (χ1v) is 7.48. The molecule has 116 valence electrons. The number of rotatable bonds is 6. The maximum absolute atomic E-state index is 12.2. The Labute approximate surface area is 123 Å². The zero-order valence-corrected chi connectivity index (χ0v) is 12.4. The maximum atomic E-state index is 12.2. The Morgan fingerprint density at radius 1 is 1.43 bits per heavy atom. The van der Waals surface area contributed by atoms with Crippen molar-refractivity contribution in [2.24, 2.45) is 11.7 Å². The molecule has 7 nitrogen and oxygen atoms in total. The topological polar surface area (TPSA) is 102 Å². The SMILES string of the molecule is CCCc1noc(CCC(=O)N2CCC[C@H](C(N)=O)C2)n1. The van der Waals surface area contributed by atoms with E-state index in [0.29, 0.717) is 37.6 Å². The molecule has 1 saturated heterocycles. The first-order valence-electron chi connectivity index (χ1n) is 7.48. The molecule has 2 amide bonds. The zero-order chi connectivity index (χ0) is 15.2. The smallest absolute Gasteiger partial charge is 0.227 e. The van der Waals surface area contributed by atoms with E-state index >= 15 is 0 Å². The van der Waals surface area contributed by atoms with Crippen LogP contribution in [0.25, 0.3) is 0 Å². The minimum Gasteiger partial charge on any atom is -0.369 e. The summed E-state index contributed by atoms with van der Waals surface area (Å²) in [5.41, 5.74) is 5.32. The van der Waals surface area contributed by atoms with Crippen LogP contribution in [-0.2, 0) is 22.4 Å². The van der Waals surface area contributed by atoms with E-state index in [0.717, 1.165) is 25.7 Å². The Kier molecular flexibility index (Phi) is 5.30. The van der Waals surface area contributed by atoms with Crippen molar-refractivity contribution in [3.8, 4) is 0 Å². The fourth-order valence-corrected chi connectivity index (χ4v) is 2.52. The highest BCUT2D eigenvalue weighted by atomic mass is 16.5. The maximum Gasteiger partial charge on any atom is 0.227 e. The Hall–Kier alpha value is -1.92. The van der Waals surface area contributed by atoms with Crippen molar-refractivity contribution in [1.82, 2.24) is 15.0 Å². The molecule has 1 aliphatic rings. The van der Waals surface area contributed by atoms with Crippen LogP contribution in [-0.4, -0.2) is 39.9 Å². The minimum atomic E-state index is -0.325. The fourth-order valence-electron chi connectivity index (χ4n) is 2.52. The highest BCUT2D eigenvalue weighted by Crippen LogP contribution is 2.17. The molecule has 0 unspecified atom stereocenters. The normalized spacial score (nSPS) is 18.7. The van der Waals surface area contributed by atoms with Crippen molar-refractivity contribution in [2.75, 3.05) is 13.1 Å². The van der Waals surface area contributed by atoms with E-state index in [4.69, 9.17) is 10.3 Å². The van der Waals surface area contributed by atoms with Gasteiger partial charge in [-0.2, -0.15) is 4.98 Å². The second-order valence-electron chi connectivity index (χ2n) is 5.44. The van der Waals surface area contributed by atoms with Crippen LogP contribution in [0.5, 0.6) is 0 Å². The summed E-state index contributed by atoms with van der Waals surface area (Å²) in [4.78, 5) is 29.3. The molecule has 1 aliphatic heterocycles. The number of hydrogen-bond acceptors (Lipinski definition) is 5. The fraction of sp³-hybridized carbons (Fsp3) is 0.714. The Bertz CT molecular complexity index is 500. The molecule has 1 aromatic heterocycles. The summed E-state index contributed by atoms with van der Waals surface area (Å²) in [7, 11) is 0. The van der Waals surface area contributed by atoms with Gasteiger partial charge in [0.2, 0.25) is 17.7 Å². The van der Waals surface area contributed by atoms with E-state index in [9.17, 15) is 9.59 Å². The average Bonchev–Trinajstić information content (AvgIpc) is 2.93. The lowest BCUT2D eigenvalue weighted by atomic mass is 9.97. The van der Waals surface area contributed by atoms with Crippen LogP contribution >= 0.6 is 0 Å². The lowest BCUT2D eigenvalue weighted by molar-refractivity contribution is -0.135. The predicted molar refractivity (Wildman–Crippen MR) is 75.1 cm³/mol. The second kappa shape index (κ2) is 7.19. The van der Waals surface area contributed by atoms with Gasteiger partial charge in [0.25, 0.3) is 0 Å². The Morgan fingerprint density at radius 2 is 2.24 bits per heavy atom. The lowest BCUT2D eigenvalue weighted by Gasteiger charge is -2.31. The van der Waals surface area contributed by atoms with Crippen LogP contribution in [0.1, 0.15) is 44.3 Å². The van der Waals surface area contributed by atoms with E-state index < -0.39 is 0 Å². The number of aromatic nitrogens is 2. The van der Waals surface area contributed by atoms with Gasteiger partial charge in [-0.15, -0.1) is 0 Å². The van der Waals surface area contributed by atoms with E-state index in [2.05, 4.69) is 10.1 Å². The highest BCUT2D eigenvalue weighted by Gasteiger charge is 2.26. The number of aryl methyl sites for hydroxylation is 2. The molecule has 2 heterocycles. The molecule has 0 bridgehead atoms. The van der Waals surface area contributed by atoms with Crippen LogP contribution in [0.15, 0.2) is 4.52 Å². The number of primary amides is 1. The molecule has 1 atom stereocenters. The molecule has 2 rings (SSSR count). The van der Waals surface area contributed by atoms with Gasteiger partial charge in [0.15, 0.2) is 5.82 Å². The van der Waals surface area contributed by atoms with Crippen LogP contribution in [0.3, 0.4) is 0 Å². The van der Waals surface area contributed by atoms with E-state index in [-0.39, 0.29) is 17.7 Å². The number of carbonyl (C=O) groups is 2. The minimum absolute atomic E-state index is 0.0104. The van der Waals surface area contributed by atoms with Crippen molar-refractivity contribution < 1.29 is 14.1 Å². The largest absolute Gasteiger partial charge is 0.369 e. The molecule has 0 aliphatic carbocycles. The van der Waals surface area contributed by atoms with Gasteiger partial charge < -0.3 is 15.2 Å². The third-order valence-corrected chi connectivity index (χ3v) is 3.71. The summed E-state index contributed by atoms with van der Waals surface area (Å²) in [5, 5.41) is 3.86. The van der Waals surface area contributed by atoms with Crippen molar-refractivity contribution in [2.45, 2.75) is 45.4 Å². The third kappa shape index (κ3) is 4.27. The molecule has 2 N–H and O–H groups in total. The van der Waals surface area contributed by atoms with Gasteiger partial charge >= 0.3 is 0 Å². The summed E-state index contributed by atoms with van der Waals surface area (Å²) in [5.74, 6) is 0.647. The van der Waals surface area contributed by atoms with Gasteiger partial charge in [-0.25, -0.2) is 0 Å². The monoisotopic (exact) mass is 294 g/mol. The number of nitrogens with zero attached hydrogens (tertiary/aromatic N) is 3. The molecular formula is C14H22N4O3. The first kappa shape index (κ1) is 15.5. The number of nitrogens with two attached hydrogens (primary N) is 1. The van der Waals surface area contributed by atoms with Gasteiger partial charge in [-0.3, -0.25) is 9.59 Å². The number of hydrogen-bond donors (Lipinski definition) is 1. The van der Waals surface area contributed by atoms with E-state index in [1.807, 2.05) is 6.92 Å². The van der Waals surface area contributed by atoms with Gasteiger partial charge in [-0.1, -0.05) is 12.1 Å². The van der Waals surface area contributed by atoms with Gasteiger partial charge in [0.1, 0.15) is 0 Å². The summed E-state index contributed by atoms with van der Waals surface area (Å²) in [6, 6.07) is 0. The van der Waals surface area contributed by atoms with Crippen molar-refractivity contribution in [1.29, 1.82) is 0 Å². The quantitative estimate of drug-likeness (QED) is 0.831. The zero-order valence-electron chi connectivity index (χ0n) is 12.4. The Balaban J connectivity index is 1.82. The number of piperidine rings is 1. The molecule has 0 saturated carbocycles. The molecule has 1 fully saturated rings. The number of likely N-dealkylation sites (tertiary alicyclic amines) is 1. The molecule has 7 heteroatoms. The standard InChI is InChI=1S/C14H22N4O3/c1-2-4-11-16-12(21-17-11)6-7-13(19)18-8-3-5-10(9-18)14(15)20/h10H,2-9H2,1H3,(H2,15,20)/t10-/m0/s1. The second-order valence-corrected chi connectivity index (χ2v) is 5.44. The van der Waals surface area contributed by atoms with E-state index in [1.165, 1.54) is 0 Å². The van der Waals surface area contributed by atoms with Crippen LogP contribution in [0.4, 0.5) is 0 Å². The number of carbonyl (C=O) groups excluding carboxylic acids is 2. The molecule has 21 heavy (non-hydrogen) atoms. The summed E-state index contributed by atoms with van der Waals surface area (Å²) >= 11 is 0. The molecule has 0 radical (unpaired) electrons. The predicted octanol–water partition coefficient (Wildman–Crippen LogP) is 0.679. The van der Waals surface area contributed by atoms with Gasteiger partial charge in [0.05, 0.1) is 5.92 Å². The lowest BCUT2D eigenvalue weighted by Crippen LogP contribution is -2.44. The van der Waals surface area contributed by atoms with Crippen LogP contribution < -0.4 is 5.73 Å². The molecule has 0 aromatic carbocycles. The molecular weight excluding hydrogens is 272 g/mol. The molecule has 1 aromatic rings. The highest BCUT2D eigenvalue weighted by molar-refractivity contribution is 5.80. The van der Waals surface area contributed by atoms with Gasteiger partial charge in [-0.05, 0) is 19.3 Å². The Morgan fingerprint density at radius 3 is 2.95 bits per heavy atom.